The lowest BCUT2D eigenvalue weighted by Gasteiger charge is -2.13. The van der Waals surface area contributed by atoms with Gasteiger partial charge in [0, 0.05) is 32.4 Å². The first-order valence-electron chi connectivity index (χ1n) is 5.00. The van der Waals surface area contributed by atoms with E-state index in [-0.39, 0.29) is 11.9 Å². The van der Waals surface area contributed by atoms with E-state index >= 15 is 0 Å². The molecule has 14 heavy (non-hydrogen) atoms. The van der Waals surface area contributed by atoms with Crippen LogP contribution in [0.15, 0.2) is 12.4 Å². The molecule has 1 aromatic heterocycles. The van der Waals surface area contributed by atoms with Gasteiger partial charge in [-0.2, -0.15) is 0 Å². The van der Waals surface area contributed by atoms with E-state index in [4.69, 9.17) is 0 Å². The SMILES string of the molecule is CCc1nccn1C1CCN(C)C1=O. The summed E-state index contributed by atoms with van der Waals surface area (Å²) in [5, 5.41) is 0. The van der Waals surface area contributed by atoms with Gasteiger partial charge in [0.1, 0.15) is 11.9 Å². The fourth-order valence-electron chi connectivity index (χ4n) is 1.96. The molecule has 0 aliphatic carbocycles. The topological polar surface area (TPSA) is 38.1 Å². The smallest absolute Gasteiger partial charge is 0.245 e. The molecule has 0 N–H and O–H groups in total. The number of aromatic nitrogens is 2. The molecule has 1 saturated heterocycles. The van der Waals surface area contributed by atoms with Crippen LogP contribution in [0.5, 0.6) is 0 Å². The fourth-order valence-corrected chi connectivity index (χ4v) is 1.96. The molecule has 1 fully saturated rings. The molecule has 1 aromatic rings. The zero-order chi connectivity index (χ0) is 10.1. The van der Waals surface area contributed by atoms with Gasteiger partial charge in [0.25, 0.3) is 0 Å². The van der Waals surface area contributed by atoms with Crippen molar-refractivity contribution in [2.75, 3.05) is 13.6 Å². The molecule has 1 aliphatic heterocycles. The number of carbonyl (C=O) groups excluding carboxylic acids is 1. The minimum absolute atomic E-state index is 0.0163. The molecule has 2 heterocycles. The lowest BCUT2D eigenvalue weighted by atomic mass is 10.2. The standard InChI is InChI=1S/C10H15N3O/c1-3-9-11-5-7-13(9)8-4-6-12(2)10(8)14/h5,7-8H,3-4,6H2,1-2H3. The van der Waals surface area contributed by atoms with Crippen molar-refractivity contribution < 1.29 is 4.79 Å². The largest absolute Gasteiger partial charge is 0.344 e. The van der Waals surface area contributed by atoms with Crippen LogP contribution in [-0.2, 0) is 11.2 Å². The van der Waals surface area contributed by atoms with Gasteiger partial charge in [-0.05, 0) is 6.42 Å². The Morgan fingerprint density at radius 3 is 3.00 bits per heavy atom. The number of nitrogens with zero attached hydrogens (tertiary/aromatic N) is 3. The molecule has 0 radical (unpaired) electrons. The molecule has 1 aliphatic rings. The Bertz CT molecular complexity index is 345. The summed E-state index contributed by atoms with van der Waals surface area (Å²) in [7, 11) is 1.85. The summed E-state index contributed by atoms with van der Waals surface area (Å²) in [5.74, 6) is 1.20. The molecule has 2 rings (SSSR count). The zero-order valence-corrected chi connectivity index (χ0v) is 8.60. The third kappa shape index (κ3) is 1.31. The molecule has 0 saturated carbocycles. The van der Waals surface area contributed by atoms with E-state index in [1.54, 1.807) is 11.1 Å². The van der Waals surface area contributed by atoms with E-state index in [9.17, 15) is 4.79 Å². The first-order chi connectivity index (χ1) is 6.74. The minimum atomic E-state index is -0.0163. The van der Waals surface area contributed by atoms with Gasteiger partial charge < -0.3 is 9.47 Å². The Labute approximate surface area is 83.5 Å². The molecule has 1 amide bonds. The first-order valence-corrected chi connectivity index (χ1v) is 5.00. The van der Waals surface area contributed by atoms with E-state index < -0.39 is 0 Å². The summed E-state index contributed by atoms with van der Waals surface area (Å²) in [6.45, 7) is 2.91. The van der Waals surface area contributed by atoms with Gasteiger partial charge >= 0.3 is 0 Å². The molecule has 76 valence electrons. The Morgan fingerprint density at radius 1 is 1.64 bits per heavy atom. The average Bonchev–Trinajstić information content (AvgIpc) is 2.75. The first kappa shape index (κ1) is 9.24. The molecule has 0 aromatic carbocycles. The number of amides is 1. The lowest BCUT2D eigenvalue weighted by molar-refractivity contribution is -0.129. The summed E-state index contributed by atoms with van der Waals surface area (Å²) in [4.78, 5) is 17.8. The highest BCUT2D eigenvalue weighted by atomic mass is 16.2. The van der Waals surface area contributed by atoms with Crippen molar-refractivity contribution in [3.8, 4) is 0 Å². The van der Waals surface area contributed by atoms with Gasteiger partial charge in [0.15, 0.2) is 0 Å². The maximum Gasteiger partial charge on any atom is 0.245 e. The average molecular weight is 193 g/mol. The maximum absolute atomic E-state index is 11.7. The predicted octanol–water partition coefficient (Wildman–Crippen LogP) is 0.849. The van der Waals surface area contributed by atoms with Gasteiger partial charge in [-0.1, -0.05) is 6.92 Å². The van der Waals surface area contributed by atoms with Crippen molar-refractivity contribution in [3.63, 3.8) is 0 Å². The van der Waals surface area contributed by atoms with Crippen molar-refractivity contribution in [1.29, 1.82) is 0 Å². The molecular formula is C10H15N3O. The summed E-state index contributed by atoms with van der Waals surface area (Å²) < 4.78 is 2.01. The fraction of sp³-hybridized carbons (Fsp3) is 0.600. The monoisotopic (exact) mass is 193 g/mol. The highest BCUT2D eigenvalue weighted by molar-refractivity contribution is 5.82. The number of carbonyl (C=O) groups is 1. The normalized spacial score (nSPS) is 22.0. The summed E-state index contributed by atoms with van der Waals surface area (Å²) >= 11 is 0. The van der Waals surface area contributed by atoms with Crippen molar-refractivity contribution in [1.82, 2.24) is 14.5 Å². The number of likely N-dealkylation sites (N-methyl/N-ethyl adjacent to an activating group) is 1. The summed E-state index contributed by atoms with van der Waals surface area (Å²) in [6, 6.07) is -0.0163. The quantitative estimate of drug-likeness (QED) is 0.698. The molecule has 0 spiro atoms. The van der Waals surface area contributed by atoms with Crippen molar-refractivity contribution >= 4 is 5.91 Å². The summed E-state index contributed by atoms with van der Waals surface area (Å²) in [6.07, 6.45) is 5.45. The van der Waals surface area contributed by atoms with Gasteiger partial charge in [-0.25, -0.2) is 4.98 Å². The van der Waals surface area contributed by atoms with Gasteiger partial charge in [0.05, 0.1) is 0 Å². The Kier molecular flexibility index (Phi) is 2.27. The van der Waals surface area contributed by atoms with Crippen molar-refractivity contribution in [3.05, 3.63) is 18.2 Å². The van der Waals surface area contributed by atoms with Gasteiger partial charge in [0.2, 0.25) is 5.91 Å². The van der Waals surface area contributed by atoms with Crippen LogP contribution in [0.3, 0.4) is 0 Å². The third-order valence-corrected chi connectivity index (χ3v) is 2.80. The van der Waals surface area contributed by atoms with Crippen LogP contribution in [-0.4, -0.2) is 34.0 Å². The molecule has 1 unspecified atom stereocenters. The van der Waals surface area contributed by atoms with E-state index in [1.165, 1.54) is 0 Å². The van der Waals surface area contributed by atoms with Crippen molar-refractivity contribution in [2.24, 2.45) is 0 Å². The number of aryl methyl sites for hydroxylation is 1. The molecular weight excluding hydrogens is 178 g/mol. The maximum atomic E-state index is 11.7. The van der Waals surface area contributed by atoms with E-state index in [0.717, 1.165) is 25.2 Å². The lowest BCUT2D eigenvalue weighted by Crippen LogP contribution is -2.25. The predicted molar refractivity (Wildman–Crippen MR) is 52.9 cm³/mol. The summed E-state index contributed by atoms with van der Waals surface area (Å²) in [5.41, 5.74) is 0. The Hall–Kier alpha value is -1.32. The van der Waals surface area contributed by atoms with Crippen LogP contribution >= 0.6 is 0 Å². The zero-order valence-electron chi connectivity index (χ0n) is 8.60. The van der Waals surface area contributed by atoms with E-state index in [0.29, 0.717) is 0 Å². The van der Waals surface area contributed by atoms with Crippen molar-refractivity contribution in [2.45, 2.75) is 25.8 Å². The highest BCUT2D eigenvalue weighted by Gasteiger charge is 2.31. The van der Waals surface area contributed by atoms with Crippen LogP contribution in [0.1, 0.15) is 25.2 Å². The number of rotatable bonds is 2. The van der Waals surface area contributed by atoms with Crippen LogP contribution in [0.2, 0.25) is 0 Å². The van der Waals surface area contributed by atoms with Gasteiger partial charge in [-0.3, -0.25) is 4.79 Å². The second-order valence-electron chi connectivity index (χ2n) is 3.67. The van der Waals surface area contributed by atoms with E-state index in [1.807, 2.05) is 17.8 Å². The Morgan fingerprint density at radius 2 is 2.43 bits per heavy atom. The highest BCUT2D eigenvalue weighted by Crippen LogP contribution is 2.23. The molecule has 4 nitrogen and oxygen atoms in total. The van der Waals surface area contributed by atoms with Crippen LogP contribution in [0.4, 0.5) is 0 Å². The van der Waals surface area contributed by atoms with Crippen LogP contribution in [0, 0.1) is 0 Å². The molecule has 0 bridgehead atoms. The second kappa shape index (κ2) is 3.44. The van der Waals surface area contributed by atoms with E-state index in [2.05, 4.69) is 11.9 Å². The van der Waals surface area contributed by atoms with Crippen LogP contribution < -0.4 is 0 Å². The third-order valence-electron chi connectivity index (χ3n) is 2.80. The number of hydrogen-bond acceptors (Lipinski definition) is 2. The second-order valence-corrected chi connectivity index (χ2v) is 3.67. The Balaban J connectivity index is 2.27. The minimum Gasteiger partial charge on any atom is -0.344 e. The van der Waals surface area contributed by atoms with Gasteiger partial charge in [-0.15, -0.1) is 0 Å². The molecule has 1 atom stereocenters. The molecule has 4 heteroatoms. The number of likely N-dealkylation sites (tertiary alicyclic amines) is 1. The number of imidazole rings is 1. The van der Waals surface area contributed by atoms with Crippen LogP contribution in [0.25, 0.3) is 0 Å². The number of hydrogen-bond donors (Lipinski definition) is 0.